The van der Waals surface area contributed by atoms with Crippen LogP contribution in [0.1, 0.15) is 106 Å². The Morgan fingerprint density at radius 2 is 1.73 bits per heavy atom. The molecule has 0 radical (unpaired) electrons. The standard InChI is InChI=1S/C44H59BN2O/c1-13-15-16-30(3)32(5)28-47-29-35(27-46-21-14-2)45(26-36(47)24-37-31(4)17-18-42(7,8)33(37)6)41-23-34-22-38-39(25-40(34)48-41)44(11,12)20-19-43(38,9)10/h13-16,21-23,25-26,28-29,31,37,46H,1,3,6,17-20,24,27H2,2,4-5,7-12H3/b16-15-,21-14+,32-28-. The van der Waals surface area contributed by atoms with Crippen LogP contribution >= 0.6 is 0 Å². The summed E-state index contributed by atoms with van der Waals surface area (Å²) in [5, 5.41) is 4.73. The van der Waals surface area contributed by atoms with Crippen molar-refractivity contribution in [2.24, 2.45) is 17.3 Å². The lowest BCUT2D eigenvalue weighted by Gasteiger charge is -2.43. The van der Waals surface area contributed by atoms with Crippen molar-refractivity contribution in [1.82, 2.24) is 10.2 Å². The van der Waals surface area contributed by atoms with Crippen molar-refractivity contribution >= 4 is 23.3 Å². The lowest BCUT2D eigenvalue weighted by molar-refractivity contribution is 0.210. The van der Waals surface area contributed by atoms with Crippen LogP contribution in [0.4, 0.5) is 0 Å². The van der Waals surface area contributed by atoms with E-state index in [0.29, 0.717) is 18.4 Å². The van der Waals surface area contributed by atoms with Crippen molar-refractivity contribution in [3.63, 3.8) is 0 Å². The van der Waals surface area contributed by atoms with E-state index >= 15 is 0 Å². The van der Waals surface area contributed by atoms with Gasteiger partial charge in [-0.25, -0.2) is 0 Å². The number of nitrogens with one attached hydrogen (secondary N) is 1. The van der Waals surface area contributed by atoms with Crippen LogP contribution in [0.15, 0.2) is 119 Å². The second kappa shape index (κ2) is 13.7. The van der Waals surface area contributed by atoms with Gasteiger partial charge in [0.25, 0.3) is 6.71 Å². The summed E-state index contributed by atoms with van der Waals surface area (Å²) in [6, 6.07) is 7.07. The van der Waals surface area contributed by atoms with Gasteiger partial charge in [-0.3, -0.25) is 0 Å². The zero-order chi connectivity index (χ0) is 35.0. The Morgan fingerprint density at radius 1 is 1.04 bits per heavy atom. The van der Waals surface area contributed by atoms with Crippen molar-refractivity contribution in [2.45, 2.75) is 105 Å². The number of rotatable bonds is 10. The molecule has 0 amide bonds. The minimum atomic E-state index is 0.0113. The number of allylic oxidation sites excluding steroid dienone is 8. The molecule has 2 atom stereocenters. The van der Waals surface area contributed by atoms with Crippen LogP contribution < -0.4 is 11.0 Å². The number of hydrogen-bond acceptors (Lipinski definition) is 3. The van der Waals surface area contributed by atoms with Gasteiger partial charge in [0.15, 0.2) is 0 Å². The molecule has 1 fully saturated rings. The van der Waals surface area contributed by atoms with Gasteiger partial charge in [0, 0.05) is 30.0 Å². The third-order valence-corrected chi connectivity index (χ3v) is 11.7. The summed E-state index contributed by atoms with van der Waals surface area (Å²) in [6.07, 6.45) is 20.1. The van der Waals surface area contributed by atoms with Gasteiger partial charge in [-0.15, -0.1) is 0 Å². The maximum atomic E-state index is 6.87. The van der Waals surface area contributed by atoms with E-state index in [0.717, 1.165) is 28.8 Å². The highest BCUT2D eigenvalue weighted by Crippen LogP contribution is 2.49. The lowest BCUT2D eigenvalue weighted by atomic mass is 9.41. The molecule has 1 aromatic heterocycles. The van der Waals surface area contributed by atoms with Gasteiger partial charge in [0.2, 0.25) is 0 Å². The summed E-state index contributed by atoms with van der Waals surface area (Å²) in [6.45, 7) is 34.5. The molecule has 1 saturated carbocycles. The predicted molar refractivity (Wildman–Crippen MR) is 209 cm³/mol. The summed E-state index contributed by atoms with van der Waals surface area (Å²) < 4.78 is 6.87. The van der Waals surface area contributed by atoms with Crippen LogP contribution in [0.2, 0.25) is 0 Å². The fourth-order valence-electron chi connectivity index (χ4n) is 7.96. The molecule has 2 aliphatic carbocycles. The van der Waals surface area contributed by atoms with Gasteiger partial charge in [-0.1, -0.05) is 110 Å². The normalized spacial score (nSPS) is 23.8. The number of hydrogen-bond donors (Lipinski definition) is 1. The first-order valence-electron chi connectivity index (χ1n) is 18.1. The van der Waals surface area contributed by atoms with Crippen molar-refractivity contribution in [3.8, 4) is 0 Å². The summed E-state index contributed by atoms with van der Waals surface area (Å²) in [7, 11) is 0. The van der Waals surface area contributed by atoms with Crippen LogP contribution in [0.25, 0.3) is 11.0 Å². The highest BCUT2D eigenvalue weighted by Gasteiger charge is 2.40. The predicted octanol–water partition coefficient (Wildman–Crippen LogP) is 11.0. The molecule has 48 heavy (non-hydrogen) atoms. The number of furan rings is 1. The van der Waals surface area contributed by atoms with E-state index in [2.05, 4.69) is 115 Å². The van der Waals surface area contributed by atoms with E-state index in [1.54, 1.807) is 6.08 Å². The Labute approximate surface area is 292 Å². The summed E-state index contributed by atoms with van der Waals surface area (Å²) in [5.74, 6) is 3.45. The van der Waals surface area contributed by atoms with E-state index in [9.17, 15) is 0 Å². The Bertz CT molecular complexity index is 1680. The molecule has 4 heteroatoms. The molecule has 2 unspecified atom stereocenters. The molecule has 0 spiro atoms. The number of benzene rings is 1. The molecule has 3 aliphatic rings. The zero-order valence-corrected chi connectivity index (χ0v) is 31.3. The molecular formula is C44H59BN2O. The first-order valence-corrected chi connectivity index (χ1v) is 18.1. The van der Waals surface area contributed by atoms with E-state index in [1.165, 1.54) is 58.9 Å². The molecule has 2 heterocycles. The van der Waals surface area contributed by atoms with Gasteiger partial charge >= 0.3 is 0 Å². The second-order valence-electron chi connectivity index (χ2n) is 16.6. The largest absolute Gasteiger partial charge is 0.470 e. The Hall–Kier alpha value is -3.66. The molecule has 1 aromatic carbocycles. The highest BCUT2D eigenvalue weighted by molar-refractivity contribution is 6.83. The van der Waals surface area contributed by atoms with Crippen molar-refractivity contribution in [3.05, 3.63) is 126 Å². The molecule has 1 N–H and O–H groups in total. The van der Waals surface area contributed by atoms with Crippen molar-refractivity contribution in [2.75, 3.05) is 6.54 Å². The highest BCUT2D eigenvalue weighted by atomic mass is 16.3. The average molecular weight is 643 g/mol. The zero-order valence-electron chi connectivity index (χ0n) is 31.3. The molecule has 2 aromatic rings. The fourth-order valence-corrected chi connectivity index (χ4v) is 7.96. The minimum absolute atomic E-state index is 0.0113. The van der Waals surface area contributed by atoms with Gasteiger partial charge in [0.05, 0.1) is 5.66 Å². The maximum absolute atomic E-state index is 6.87. The smallest absolute Gasteiger partial charge is 0.281 e. The van der Waals surface area contributed by atoms with Crippen LogP contribution in [0.5, 0.6) is 0 Å². The molecule has 254 valence electrons. The summed E-state index contributed by atoms with van der Waals surface area (Å²) >= 11 is 0. The molecule has 3 nitrogen and oxygen atoms in total. The Balaban J connectivity index is 1.63. The van der Waals surface area contributed by atoms with Gasteiger partial charge < -0.3 is 14.6 Å². The lowest BCUT2D eigenvalue weighted by Crippen LogP contribution is -2.40. The van der Waals surface area contributed by atoms with Crippen LogP contribution in [-0.2, 0) is 10.8 Å². The molecule has 0 bridgehead atoms. The molecule has 0 saturated heterocycles. The SMILES string of the molecule is C=C/C=C\C(=C)/C(C)=C\N1C=C(CN/C=C/C)B(c2cc3cc4c(cc3o2)C(C)(C)CCC4(C)C)C=C1CC1C(=C)C(C)(C)CCC1C. The Kier molecular flexibility index (Phi) is 10.2. The van der Waals surface area contributed by atoms with Gasteiger partial charge in [-0.2, -0.15) is 0 Å². The number of fused-ring (bicyclic) bond motifs is 2. The van der Waals surface area contributed by atoms with Crippen LogP contribution in [0.3, 0.4) is 0 Å². The maximum Gasteiger partial charge on any atom is 0.281 e. The van der Waals surface area contributed by atoms with Gasteiger partial charge in [0.1, 0.15) is 5.58 Å². The third-order valence-electron chi connectivity index (χ3n) is 11.7. The van der Waals surface area contributed by atoms with Crippen molar-refractivity contribution < 1.29 is 4.42 Å². The topological polar surface area (TPSA) is 28.4 Å². The molecular weight excluding hydrogens is 583 g/mol. The quantitative estimate of drug-likeness (QED) is 0.159. The summed E-state index contributed by atoms with van der Waals surface area (Å²) in [5.41, 5.74) is 11.3. The average Bonchev–Trinajstić information content (AvgIpc) is 3.46. The van der Waals surface area contributed by atoms with Crippen LogP contribution in [-0.4, -0.2) is 18.2 Å². The van der Waals surface area contributed by atoms with Gasteiger partial charge in [-0.05, 0) is 121 Å². The third kappa shape index (κ3) is 7.19. The first kappa shape index (κ1) is 35.6. The Morgan fingerprint density at radius 3 is 2.40 bits per heavy atom. The van der Waals surface area contributed by atoms with E-state index in [-0.39, 0.29) is 23.0 Å². The van der Waals surface area contributed by atoms with E-state index < -0.39 is 0 Å². The second-order valence-corrected chi connectivity index (χ2v) is 16.6. The van der Waals surface area contributed by atoms with Crippen molar-refractivity contribution in [1.29, 1.82) is 0 Å². The van der Waals surface area contributed by atoms with E-state index in [1.807, 2.05) is 31.4 Å². The first-order chi connectivity index (χ1) is 22.6. The van der Waals surface area contributed by atoms with E-state index in [4.69, 9.17) is 11.0 Å². The number of nitrogens with zero attached hydrogens (tertiary/aromatic N) is 1. The van der Waals surface area contributed by atoms with Crippen LogP contribution in [0, 0.1) is 17.3 Å². The molecule has 5 rings (SSSR count). The summed E-state index contributed by atoms with van der Waals surface area (Å²) in [4.78, 5) is 2.35. The molecule has 1 aliphatic heterocycles. The monoisotopic (exact) mass is 642 g/mol. The fraction of sp³-hybridized carbons (Fsp3) is 0.455. The minimum Gasteiger partial charge on any atom is -0.470 e.